The Morgan fingerprint density at radius 3 is 2.56 bits per heavy atom. The molecule has 0 saturated heterocycles. The van der Waals surface area contributed by atoms with Crippen molar-refractivity contribution in [1.82, 2.24) is 10.1 Å². The Bertz CT molecular complexity index is 995. The van der Waals surface area contributed by atoms with E-state index in [-0.39, 0.29) is 0 Å². The van der Waals surface area contributed by atoms with Crippen molar-refractivity contribution in [2.45, 2.75) is 20.8 Å². The van der Waals surface area contributed by atoms with Crippen LogP contribution in [0.25, 0.3) is 22.6 Å². The average Bonchev–Trinajstić information content (AvgIpc) is 3.13. The van der Waals surface area contributed by atoms with Crippen LogP contribution >= 0.6 is 0 Å². The fraction of sp³-hybridized carbons (Fsp3) is 0.238. The average molecular weight is 369 g/mol. The summed E-state index contributed by atoms with van der Waals surface area (Å²) >= 11 is 0. The number of nitrogens with zero attached hydrogens (tertiary/aromatic N) is 3. The lowest BCUT2D eigenvalue weighted by atomic mass is 10.0. The number of rotatable bonds is 5. The second kappa shape index (κ2) is 7.70. The highest BCUT2D eigenvalue weighted by Gasteiger charge is 2.14. The molecule has 0 spiro atoms. The van der Waals surface area contributed by atoms with Gasteiger partial charge in [-0.3, -0.25) is 0 Å². The number of aromatic nitrogens is 1. The van der Waals surface area contributed by atoms with Gasteiger partial charge in [0, 0.05) is 30.8 Å². The minimum Gasteiger partial charge on any atom is -0.366 e. The predicted octanol–water partition coefficient (Wildman–Crippen LogP) is 5.52. The molecular formula is C21H21F2N3O. The number of halogens is 2. The van der Waals surface area contributed by atoms with Gasteiger partial charge in [0.05, 0.1) is 12.0 Å². The maximum atomic E-state index is 13.5. The molecule has 0 N–H and O–H groups in total. The molecule has 1 heterocycles. The van der Waals surface area contributed by atoms with E-state index in [2.05, 4.69) is 17.1 Å². The van der Waals surface area contributed by atoms with Crippen LogP contribution in [0.5, 0.6) is 0 Å². The summed E-state index contributed by atoms with van der Waals surface area (Å²) in [6, 6.07) is 9.36. The molecule has 0 bridgehead atoms. The molecule has 0 atom stereocenters. The lowest BCUT2D eigenvalue weighted by molar-refractivity contribution is 0.434. The van der Waals surface area contributed by atoms with Gasteiger partial charge in [0.2, 0.25) is 0 Å². The summed E-state index contributed by atoms with van der Waals surface area (Å²) in [6.07, 6.45) is 1.80. The first-order chi connectivity index (χ1) is 12.9. The highest BCUT2D eigenvalue weighted by molar-refractivity contribution is 5.73. The van der Waals surface area contributed by atoms with Gasteiger partial charge in [0.25, 0.3) is 0 Å². The fourth-order valence-electron chi connectivity index (χ4n) is 2.64. The van der Waals surface area contributed by atoms with Gasteiger partial charge in [-0.2, -0.15) is 0 Å². The van der Waals surface area contributed by atoms with Gasteiger partial charge in [0.1, 0.15) is 5.69 Å². The van der Waals surface area contributed by atoms with E-state index in [1.165, 1.54) is 6.07 Å². The van der Waals surface area contributed by atoms with Gasteiger partial charge in [-0.05, 0) is 62.2 Å². The number of hydrogen-bond acceptors (Lipinski definition) is 3. The highest BCUT2D eigenvalue weighted by Crippen LogP contribution is 2.32. The van der Waals surface area contributed by atoms with Crippen LogP contribution in [0.2, 0.25) is 0 Å². The third-order valence-corrected chi connectivity index (χ3v) is 4.43. The molecule has 0 aliphatic heterocycles. The number of hydrogen-bond donors (Lipinski definition) is 0. The summed E-state index contributed by atoms with van der Waals surface area (Å²) in [7, 11) is 1.97. The van der Waals surface area contributed by atoms with Gasteiger partial charge in [-0.15, -0.1) is 0 Å². The molecular weight excluding hydrogens is 348 g/mol. The minimum atomic E-state index is -0.914. The maximum absolute atomic E-state index is 13.5. The second-order valence-corrected chi connectivity index (χ2v) is 6.48. The van der Waals surface area contributed by atoms with Crippen LogP contribution < -0.4 is 0 Å². The second-order valence-electron chi connectivity index (χ2n) is 6.48. The number of aliphatic imine (C=N–C) groups is 1. The molecule has 0 aliphatic rings. The Morgan fingerprint density at radius 2 is 1.85 bits per heavy atom. The smallest absolute Gasteiger partial charge is 0.167 e. The SMILES string of the molecule is CCN(C)/C=N\c1cc(C)c(-c2cc(-c3ccc(F)c(F)c3)no2)cc1C. The number of aryl methyl sites for hydroxylation is 2. The van der Waals surface area contributed by atoms with Crippen molar-refractivity contribution in [3.8, 4) is 22.6 Å². The molecule has 0 aliphatic carbocycles. The molecule has 0 radical (unpaired) electrons. The Kier molecular flexibility index (Phi) is 5.35. The van der Waals surface area contributed by atoms with Crippen molar-refractivity contribution in [2.75, 3.05) is 13.6 Å². The van der Waals surface area contributed by atoms with Crippen LogP contribution in [0.15, 0.2) is 45.9 Å². The summed E-state index contributed by atoms with van der Waals surface area (Å²) in [5, 5.41) is 4.00. The summed E-state index contributed by atoms with van der Waals surface area (Å²) in [5.74, 6) is -1.24. The summed E-state index contributed by atoms with van der Waals surface area (Å²) in [6.45, 7) is 6.89. The Labute approximate surface area is 157 Å². The highest BCUT2D eigenvalue weighted by atomic mass is 19.2. The molecule has 0 amide bonds. The third kappa shape index (κ3) is 4.05. The molecule has 1 aromatic heterocycles. The quantitative estimate of drug-likeness (QED) is 0.439. The van der Waals surface area contributed by atoms with Crippen LogP contribution in [0, 0.1) is 25.5 Å². The van der Waals surface area contributed by atoms with Crippen molar-refractivity contribution in [3.63, 3.8) is 0 Å². The topological polar surface area (TPSA) is 41.6 Å². The van der Waals surface area contributed by atoms with Gasteiger partial charge < -0.3 is 9.42 Å². The Hall–Kier alpha value is -3.02. The van der Waals surface area contributed by atoms with E-state index in [9.17, 15) is 8.78 Å². The fourth-order valence-corrected chi connectivity index (χ4v) is 2.64. The van der Waals surface area contributed by atoms with E-state index in [1.807, 2.05) is 37.9 Å². The van der Waals surface area contributed by atoms with Crippen LogP contribution in [0.4, 0.5) is 14.5 Å². The maximum Gasteiger partial charge on any atom is 0.167 e. The van der Waals surface area contributed by atoms with Crippen molar-refractivity contribution < 1.29 is 13.3 Å². The standard InChI is InChI=1S/C21H21F2N3O/c1-5-26(4)12-24-19-9-13(2)16(8-14(19)3)21-11-20(25-27-21)15-6-7-17(22)18(23)10-15/h6-12H,5H2,1-4H3/b24-12-. The zero-order valence-electron chi connectivity index (χ0n) is 15.8. The van der Waals surface area contributed by atoms with Gasteiger partial charge in [0.15, 0.2) is 17.4 Å². The zero-order chi connectivity index (χ0) is 19.6. The van der Waals surface area contributed by atoms with Crippen molar-refractivity contribution in [2.24, 2.45) is 4.99 Å². The molecule has 140 valence electrons. The molecule has 6 heteroatoms. The third-order valence-electron chi connectivity index (χ3n) is 4.43. The van der Waals surface area contributed by atoms with Crippen LogP contribution in [-0.2, 0) is 0 Å². The largest absolute Gasteiger partial charge is 0.366 e. The first-order valence-electron chi connectivity index (χ1n) is 8.67. The van der Waals surface area contributed by atoms with Crippen molar-refractivity contribution >= 4 is 12.0 Å². The van der Waals surface area contributed by atoms with E-state index in [4.69, 9.17) is 4.52 Å². The van der Waals surface area contributed by atoms with Crippen molar-refractivity contribution in [3.05, 3.63) is 59.2 Å². The summed E-state index contributed by atoms with van der Waals surface area (Å²) < 4.78 is 32.0. The van der Waals surface area contributed by atoms with E-state index in [0.29, 0.717) is 17.0 Å². The minimum absolute atomic E-state index is 0.452. The molecule has 3 aromatic rings. The molecule has 4 nitrogen and oxygen atoms in total. The Balaban J connectivity index is 1.93. The van der Waals surface area contributed by atoms with E-state index >= 15 is 0 Å². The number of benzene rings is 2. The molecule has 0 fully saturated rings. The van der Waals surface area contributed by atoms with Gasteiger partial charge in [-0.1, -0.05) is 5.16 Å². The predicted molar refractivity (Wildman–Crippen MR) is 103 cm³/mol. The monoisotopic (exact) mass is 369 g/mol. The molecule has 0 saturated carbocycles. The van der Waals surface area contributed by atoms with Crippen LogP contribution in [-0.4, -0.2) is 30.0 Å². The van der Waals surface area contributed by atoms with E-state index in [0.717, 1.165) is 41.1 Å². The van der Waals surface area contributed by atoms with E-state index < -0.39 is 11.6 Å². The summed E-state index contributed by atoms with van der Waals surface area (Å²) in [5.41, 5.74) is 4.67. The van der Waals surface area contributed by atoms with Crippen molar-refractivity contribution in [1.29, 1.82) is 0 Å². The normalized spacial score (nSPS) is 11.3. The first-order valence-corrected chi connectivity index (χ1v) is 8.67. The zero-order valence-corrected chi connectivity index (χ0v) is 15.8. The molecule has 3 rings (SSSR count). The Morgan fingerprint density at radius 1 is 1.07 bits per heavy atom. The van der Waals surface area contributed by atoms with Crippen LogP contribution in [0.3, 0.4) is 0 Å². The summed E-state index contributed by atoms with van der Waals surface area (Å²) in [4.78, 5) is 6.51. The molecule has 0 unspecified atom stereocenters. The lowest BCUT2D eigenvalue weighted by Gasteiger charge is -2.10. The first kappa shape index (κ1) is 18.8. The molecule has 2 aromatic carbocycles. The lowest BCUT2D eigenvalue weighted by Crippen LogP contribution is -2.14. The van der Waals surface area contributed by atoms with Gasteiger partial charge in [-0.25, -0.2) is 13.8 Å². The van der Waals surface area contributed by atoms with Crippen LogP contribution in [0.1, 0.15) is 18.1 Å². The van der Waals surface area contributed by atoms with Gasteiger partial charge >= 0.3 is 0 Å². The molecule has 27 heavy (non-hydrogen) atoms. The van der Waals surface area contributed by atoms with E-state index in [1.54, 1.807) is 12.4 Å².